The summed E-state index contributed by atoms with van der Waals surface area (Å²) in [6, 6.07) is 0. The molecule has 1 aromatic heterocycles. The van der Waals surface area contributed by atoms with Crippen LogP contribution in [0.5, 0.6) is 0 Å². The Kier molecular flexibility index (Phi) is 3.99. The number of hydrogen-bond donors (Lipinski definition) is 1. The summed E-state index contributed by atoms with van der Waals surface area (Å²) in [6.45, 7) is 7.01. The van der Waals surface area contributed by atoms with Crippen LogP contribution >= 0.6 is 0 Å². The molecule has 0 radical (unpaired) electrons. The molecular weight excluding hydrogens is 216 g/mol. The standard InChI is InChI=1S/C12H22N4O/c1-9(2)7-10(8-13)11-14-12(15-17-11)16-5-3-4-6-16/h9-10H,3-8,13H2,1-2H3. The van der Waals surface area contributed by atoms with Gasteiger partial charge < -0.3 is 15.2 Å². The van der Waals surface area contributed by atoms with E-state index < -0.39 is 0 Å². The van der Waals surface area contributed by atoms with E-state index in [1.165, 1.54) is 12.8 Å². The minimum Gasteiger partial charge on any atom is -0.338 e. The summed E-state index contributed by atoms with van der Waals surface area (Å²) in [5.74, 6) is 2.22. The molecule has 1 aromatic rings. The molecule has 1 aliphatic rings. The Labute approximate surface area is 102 Å². The first-order valence-electron chi connectivity index (χ1n) is 6.49. The maximum atomic E-state index is 5.77. The Hall–Kier alpha value is -1.10. The minimum atomic E-state index is 0.193. The highest BCUT2D eigenvalue weighted by molar-refractivity contribution is 5.29. The molecule has 1 fully saturated rings. The Bertz CT molecular complexity index is 344. The third-order valence-electron chi connectivity index (χ3n) is 3.21. The van der Waals surface area contributed by atoms with Crippen LogP contribution < -0.4 is 10.6 Å². The minimum absolute atomic E-state index is 0.193. The fraction of sp³-hybridized carbons (Fsp3) is 0.833. The van der Waals surface area contributed by atoms with E-state index in [9.17, 15) is 0 Å². The van der Waals surface area contributed by atoms with Crippen LogP contribution in [0.1, 0.15) is 44.9 Å². The van der Waals surface area contributed by atoms with Crippen molar-refractivity contribution in [1.82, 2.24) is 10.1 Å². The quantitative estimate of drug-likeness (QED) is 0.846. The van der Waals surface area contributed by atoms with Gasteiger partial charge in [-0.2, -0.15) is 4.98 Å². The fourth-order valence-electron chi connectivity index (χ4n) is 2.31. The number of nitrogens with zero attached hydrogens (tertiary/aromatic N) is 3. The van der Waals surface area contributed by atoms with Gasteiger partial charge in [0.05, 0.1) is 5.92 Å². The van der Waals surface area contributed by atoms with Crippen LogP contribution in [-0.4, -0.2) is 29.8 Å². The topological polar surface area (TPSA) is 68.2 Å². The maximum Gasteiger partial charge on any atom is 0.266 e. The lowest BCUT2D eigenvalue weighted by Gasteiger charge is -2.12. The summed E-state index contributed by atoms with van der Waals surface area (Å²) >= 11 is 0. The first kappa shape index (κ1) is 12.4. The second kappa shape index (κ2) is 5.49. The van der Waals surface area contributed by atoms with Crippen LogP contribution in [-0.2, 0) is 0 Å². The van der Waals surface area contributed by atoms with E-state index in [2.05, 4.69) is 28.9 Å². The molecule has 17 heavy (non-hydrogen) atoms. The fourth-order valence-corrected chi connectivity index (χ4v) is 2.31. The number of aromatic nitrogens is 2. The monoisotopic (exact) mass is 238 g/mol. The van der Waals surface area contributed by atoms with E-state index in [4.69, 9.17) is 10.3 Å². The predicted molar refractivity (Wildman–Crippen MR) is 67.0 cm³/mol. The number of nitrogens with two attached hydrogens (primary N) is 1. The third-order valence-corrected chi connectivity index (χ3v) is 3.21. The van der Waals surface area contributed by atoms with Gasteiger partial charge in [0.15, 0.2) is 0 Å². The SMILES string of the molecule is CC(C)CC(CN)c1nc(N2CCCC2)no1. The molecular formula is C12H22N4O. The average Bonchev–Trinajstić information content (AvgIpc) is 2.95. The van der Waals surface area contributed by atoms with Gasteiger partial charge in [0.25, 0.3) is 5.95 Å². The van der Waals surface area contributed by atoms with Crippen LogP contribution in [0.25, 0.3) is 0 Å². The summed E-state index contributed by atoms with van der Waals surface area (Å²) in [5.41, 5.74) is 5.77. The van der Waals surface area contributed by atoms with Crippen LogP contribution in [0, 0.1) is 5.92 Å². The summed E-state index contributed by atoms with van der Waals surface area (Å²) < 4.78 is 5.35. The first-order valence-corrected chi connectivity index (χ1v) is 6.49. The second-order valence-corrected chi connectivity index (χ2v) is 5.19. The van der Waals surface area contributed by atoms with E-state index >= 15 is 0 Å². The van der Waals surface area contributed by atoms with Gasteiger partial charge in [0, 0.05) is 19.6 Å². The van der Waals surface area contributed by atoms with Crippen LogP contribution in [0.4, 0.5) is 5.95 Å². The Morgan fingerprint density at radius 1 is 1.35 bits per heavy atom. The van der Waals surface area contributed by atoms with Crippen molar-refractivity contribution in [3.8, 4) is 0 Å². The van der Waals surface area contributed by atoms with Gasteiger partial charge in [-0.15, -0.1) is 0 Å². The highest BCUT2D eigenvalue weighted by Gasteiger charge is 2.22. The van der Waals surface area contributed by atoms with Crippen LogP contribution in [0.15, 0.2) is 4.52 Å². The van der Waals surface area contributed by atoms with Gasteiger partial charge in [-0.1, -0.05) is 13.8 Å². The van der Waals surface area contributed by atoms with Gasteiger partial charge in [0.1, 0.15) is 0 Å². The molecule has 0 aromatic carbocycles. The zero-order chi connectivity index (χ0) is 12.3. The Morgan fingerprint density at radius 3 is 2.65 bits per heavy atom. The second-order valence-electron chi connectivity index (χ2n) is 5.19. The molecule has 0 aliphatic carbocycles. The van der Waals surface area contributed by atoms with Gasteiger partial charge in [0.2, 0.25) is 5.89 Å². The zero-order valence-electron chi connectivity index (χ0n) is 10.7. The lowest BCUT2D eigenvalue weighted by molar-refractivity contribution is 0.334. The predicted octanol–water partition coefficient (Wildman–Crippen LogP) is 1.76. The molecule has 96 valence electrons. The summed E-state index contributed by atoms with van der Waals surface area (Å²) in [6.07, 6.45) is 3.44. The molecule has 2 heterocycles. The maximum absolute atomic E-state index is 5.77. The van der Waals surface area contributed by atoms with Crippen molar-refractivity contribution >= 4 is 5.95 Å². The summed E-state index contributed by atoms with van der Waals surface area (Å²) in [7, 11) is 0. The van der Waals surface area contributed by atoms with E-state index in [0.29, 0.717) is 18.4 Å². The largest absolute Gasteiger partial charge is 0.338 e. The number of hydrogen-bond acceptors (Lipinski definition) is 5. The van der Waals surface area contributed by atoms with E-state index in [1.807, 2.05) is 0 Å². The van der Waals surface area contributed by atoms with Gasteiger partial charge in [-0.05, 0) is 30.3 Å². The van der Waals surface area contributed by atoms with Crippen molar-refractivity contribution in [2.24, 2.45) is 11.7 Å². The third kappa shape index (κ3) is 2.97. The van der Waals surface area contributed by atoms with Crippen molar-refractivity contribution in [3.05, 3.63) is 5.89 Å². The normalized spacial score (nSPS) is 18.0. The molecule has 2 N–H and O–H groups in total. The smallest absolute Gasteiger partial charge is 0.266 e. The molecule has 1 atom stereocenters. The van der Waals surface area contributed by atoms with Gasteiger partial charge in [-0.3, -0.25) is 0 Å². The van der Waals surface area contributed by atoms with E-state index in [-0.39, 0.29) is 5.92 Å². The first-order chi connectivity index (χ1) is 8.20. The molecule has 1 unspecified atom stereocenters. The average molecular weight is 238 g/mol. The lowest BCUT2D eigenvalue weighted by atomic mass is 9.97. The molecule has 0 saturated carbocycles. The van der Waals surface area contributed by atoms with E-state index in [0.717, 1.165) is 25.5 Å². The van der Waals surface area contributed by atoms with E-state index in [1.54, 1.807) is 0 Å². The van der Waals surface area contributed by atoms with Crippen molar-refractivity contribution in [1.29, 1.82) is 0 Å². The molecule has 1 aliphatic heterocycles. The number of anilines is 1. The Balaban J connectivity index is 2.04. The highest BCUT2D eigenvalue weighted by atomic mass is 16.5. The highest BCUT2D eigenvalue weighted by Crippen LogP contribution is 2.24. The van der Waals surface area contributed by atoms with Crippen molar-refractivity contribution < 1.29 is 4.52 Å². The Morgan fingerprint density at radius 2 is 2.06 bits per heavy atom. The zero-order valence-corrected chi connectivity index (χ0v) is 10.7. The molecule has 2 rings (SSSR count). The molecule has 5 heteroatoms. The van der Waals surface area contributed by atoms with Crippen molar-refractivity contribution in [2.45, 2.75) is 39.0 Å². The molecule has 5 nitrogen and oxygen atoms in total. The summed E-state index contributed by atoms with van der Waals surface area (Å²) in [4.78, 5) is 6.66. The van der Waals surface area contributed by atoms with Crippen LogP contribution in [0.3, 0.4) is 0 Å². The molecule has 0 amide bonds. The lowest BCUT2D eigenvalue weighted by Crippen LogP contribution is -2.19. The van der Waals surface area contributed by atoms with Crippen LogP contribution in [0.2, 0.25) is 0 Å². The number of rotatable bonds is 5. The van der Waals surface area contributed by atoms with Crippen molar-refractivity contribution in [3.63, 3.8) is 0 Å². The van der Waals surface area contributed by atoms with Gasteiger partial charge in [-0.25, -0.2) is 0 Å². The molecule has 0 spiro atoms. The molecule has 1 saturated heterocycles. The summed E-state index contributed by atoms with van der Waals surface area (Å²) in [5, 5.41) is 4.06. The molecule has 0 bridgehead atoms. The van der Waals surface area contributed by atoms with Crippen molar-refractivity contribution in [2.75, 3.05) is 24.5 Å². The van der Waals surface area contributed by atoms with Gasteiger partial charge >= 0.3 is 0 Å².